The van der Waals surface area contributed by atoms with Crippen molar-refractivity contribution in [1.29, 1.82) is 0 Å². The summed E-state index contributed by atoms with van der Waals surface area (Å²) >= 11 is 1.85. The van der Waals surface area contributed by atoms with E-state index >= 15 is 0 Å². The Morgan fingerprint density at radius 2 is 0.915 bits per heavy atom. The van der Waals surface area contributed by atoms with E-state index in [0.717, 1.165) is 50.2 Å². The monoisotopic (exact) mass is 771 g/mol. The van der Waals surface area contributed by atoms with Crippen LogP contribution in [0.1, 0.15) is 0 Å². The number of thiophene rings is 1. The molecule has 0 saturated heterocycles. The second kappa shape index (κ2) is 13.5. The Labute approximate surface area is 343 Å². The van der Waals surface area contributed by atoms with Crippen LogP contribution in [0.15, 0.2) is 200 Å². The molecule has 0 N–H and O–H groups in total. The molecule has 276 valence electrons. The Morgan fingerprint density at radius 3 is 1.61 bits per heavy atom. The van der Waals surface area contributed by atoms with E-state index in [0.29, 0.717) is 17.5 Å². The molecule has 0 saturated carbocycles. The summed E-state index contributed by atoms with van der Waals surface area (Å²) in [5.74, 6) is 1.88. The Bertz CT molecular complexity index is 3480. The van der Waals surface area contributed by atoms with Crippen molar-refractivity contribution >= 4 is 64.2 Å². The Balaban J connectivity index is 1.21. The van der Waals surface area contributed by atoms with E-state index in [9.17, 15) is 0 Å². The van der Waals surface area contributed by atoms with Gasteiger partial charge in [0, 0.05) is 70.6 Å². The largest absolute Gasteiger partial charge is 0.316 e. The van der Waals surface area contributed by atoms with Crippen molar-refractivity contribution in [1.82, 2.24) is 24.1 Å². The molecule has 0 aliphatic heterocycles. The smallest absolute Gasteiger partial charge is 0.164 e. The summed E-state index contributed by atoms with van der Waals surface area (Å²) in [6.45, 7) is 0. The number of rotatable bonds is 6. The maximum Gasteiger partial charge on any atom is 0.164 e. The molecule has 0 fully saturated rings. The van der Waals surface area contributed by atoms with Crippen LogP contribution in [0, 0.1) is 0 Å². The van der Waals surface area contributed by atoms with Crippen LogP contribution in [0.4, 0.5) is 0 Å². The quantitative estimate of drug-likeness (QED) is 0.169. The average Bonchev–Trinajstić information content (AvgIpc) is 4.02. The number of hydrogen-bond donors (Lipinski definition) is 0. The van der Waals surface area contributed by atoms with Crippen LogP contribution in [0.3, 0.4) is 0 Å². The molecule has 0 unspecified atom stereocenters. The summed E-state index contributed by atoms with van der Waals surface area (Å²) < 4.78 is 7.34. The number of para-hydroxylation sites is 1. The van der Waals surface area contributed by atoms with Crippen molar-refractivity contribution < 1.29 is 0 Å². The third kappa shape index (κ3) is 5.49. The number of benzene rings is 8. The normalized spacial score (nSPS) is 11.7. The molecule has 12 aromatic rings. The molecule has 4 heterocycles. The predicted octanol–water partition coefficient (Wildman–Crippen LogP) is 13.9. The molecule has 4 aromatic heterocycles. The molecule has 0 amide bonds. The highest BCUT2D eigenvalue weighted by molar-refractivity contribution is 7.26. The lowest BCUT2D eigenvalue weighted by molar-refractivity contribution is 1.07. The zero-order valence-corrected chi connectivity index (χ0v) is 32.5. The third-order valence-corrected chi connectivity index (χ3v) is 12.5. The molecule has 8 aromatic carbocycles. The van der Waals surface area contributed by atoms with Gasteiger partial charge in [-0.2, -0.15) is 0 Å². The SMILES string of the molecule is c1ccc(-c2cc(-c3nc(-c4ccccc4)nc(-c4ccccc4)n3)cc(-n3c4c(ccc5c4ccn5-c4ccccc4)c4ccc5sc6ccccc6c5c43)c2)cc1. The van der Waals surface area contributed by atoms with E-state index in [2.05, 4.69) is 173 Å². The van der Waals surface area contributed by atoms with Gasteiger partial charge in [-0.15, -0.1) is 11.3 Å². The molecule has 12 rings (SSSR count). The first-order valence-corrected chi connectivity index (χ1v) is 20.6. The van der Waals surface area contributed by atoms with Gasteiger partial charge in [0.1, 0.15) is 0 Å². The van der Waals surface area contributed by atoms with Crippen molar-refractivity contribution in [3.63, 3.8) is 0 Å². The van der Waals surface area contributed by atoms with Crippen LogP contribution < -0.4 is 0 Å². The lowest BCUT2D eigenvalue weighted by Gasteiger charge is -2.15. The fourth-order valence-electron chi connectivity index (χ4n) is 8.70. The Kier molecular flexibility index (Phi) is 7.64. The minimum absolute atomic E-state index is 0.615. The van der Waals surface area contributed by atoms with Crippen LogP contribution in [0.25, 0.3) is 110 Å². The summed E-state index contributed by atoms with van der Waals surface area (Å²) in [6, 6.07) is 68.7. The number of aromatic nitrogens is 5. The summed E-state index contributed by atoms with van der Waals surface area (Å²) in [4.78, 5) is 15.5. The van der Waals surface area contributed by atoms with E-state index in [1.165, 1.54) is 41.8 Å². The summed E-state index contributed by atoms with van der Waals surface area (Å²) in [7, 11) is 0. The fraction of sp³-hybridized carbons (Fsp3) is 0. The lowest BCUT2D eigenvalue weighted by atomic mass is 10.0. The van der Waals surface area contributed by atoms with E-state index in [1.807, 2.05) is 47.7 Å². The van der Waals surface area contributed by atoms with Crippen molar-refractivity contribution in [3.8, 4) is 56.7 Å². The molecular formula is C53H33N5S. The van der Waals surface area contributed by atoms with Gasteiger partial charge in [0.05, 0.1) is 16.6 Å². The summed E-state index contributed by atoms with van der Waals surface area (Å²) in [5.41, 5.74) is 10.6. The molecule has 0 aliphatic carbocycles. The Morgan fingerprint density at radius 1 is 0.356 bits per heavy atom. The topological polar surface area (TPSA) is 48.5 Å². The number of fused-ring (bicyclic) bond motifs is 9. The Hall–Kier alpha value is -7.67. The summed E-state index contributed by atoms with van der Waals surface area (Å²) in [6.07, 6.45) is 2.20. The van der Waals surface area contributed by atoms with Gasteiger partial charge in [-0.25, -0.2) is 15.0 Å². The zero-order chi connectivity index (χ0) is 38.9. The third-order valence-electron chi connectivity index (χ3n) is 11.4. The van der Waals surface area contributed by atoms with Gasteiger partial charge >= 0.3 is 0 Å². The second-order valence-corrected chi connectivity index (χ2v) is 15.9. The average molecular weight is 772 g/mol. The summed E-state index contributed by atoms with van der Waals surface area (Å²) in [5, 5.41) is 6.13. The molecule has 6 heteroatoms. The van der Waals surface area contributed by atoms with Gasteiger partial charge in [-0.05, 0) is 65.7 Å². The van der Waals surface area contributed by atoms with E-state index in [1.54, 1.807) is 0 Å². The van der Waals surface area contributed by atoms with Gasteiger partial charge in [-0.3, -0.25) is 0 Å². The highest BCUT2D eigenvalue weighted by atomic mass is 32.1. The van der Waals surface area contributed by atoms with Crippen LogP contribution in [0.5, 0.6) is 0 Å². The molecule has 0 atom stereocenters. The first kappa shape index (κ1) is 33.5. The molecule has 0 radical (unpaired) electrons. The maximum atomic E-state index is 5.22. The molecule has 5 nitrogen and oxygen atoms in total. The molecular weight excluding hydrogens is 739 g/mol. The van der Waals surface area contributed by atoms with Gasteiger partial charge < -0.3 is 9.13 Å². The second-order valence-electron chi connectivity index (χ2n) is 14.9. The first-order chi connectivity index (χ1) is 29.2. The van der Waals surface area contributed by atoms with Crippen LogP contribution >= 0.6 is 11.3 Å². The van der Waals surface area contributed by atoms with Crippen molar-refractivity contribution in [3.05, 3.63) is 200 Å². The maximum absolute atomic E-state index is 5.22. The van der Waals surface area contributed by atoms with E-state index < -0.39 is 0 Å². The molecule has 0 spiro atoms. The zero-order valence-electron chi connectivity index (χ0n) is 31.7. The van der Waals surface area contributed by atoms with Gasteiger partial charge in [0.15, 0.2) is 17.5 Å². The van der Waals surface area contributed by atoms with Crippen LogP contribution in [-0.2, 0) is 0 Å². The molecule has 0 aliphatic rings. The van der Waals surface area contributed by atoms with Crippen molar-refractivity contribution in [2.45, 2.75) is 0 Å². The predicted molar refractivity (Wildman–Crippen MR) is 246 cm³/mol. The lowest BCUT2D eigenvalue weighted by Crippen LogP contribution is -2.02. The minimum Gasteiger partial charge on any atom is -0.316 e. The number of hydrogen-bond acceptors (Lipinski definition) is 4. The van der Waals surface area contributed by atoms with Crippen molar-refractivity contribution in [2.24, 2.45) is 0 Å². The molecule has 0 bridgehead atoms. The van der Waals surface area contributed by atoms with Crippen LogP contribution in [-0.4, -0.2) is 24.1 Å². The van der Waals surface area contributed by atoms with E-state index in [-0.39, 0.29) is 0 Å². The van der Waals surface area contributed by atoms with Crippen LogP contribution in [0.2, 0.25) is 0 Å². The van der Waals surface area contributed by atoms with Gasteiger partial charge in [0.2, 0.25) is 0 Å². The van der Waals surface area contributed by atoms with Gasteiger partial charge in [0.25, 0.3) is 0 Å². The number of nitrogens with zero attached hydrogens (tertiary/aromatic N) is 5. The minimum atomic E-state index is 0.615. The first-order valence-electron chi connectivity index (χ1n) is 19.8. The molecule has 59 heavy (non-hydrogen) atoms. The fourth-order valence-corrected chi connectivity index (χ4v) is 9.80. The standard InChI is InChI=1S/C53H33N5S/c1-5-15-34(16-6-1)37-31-38(53-55-51(35-17-7-2-8-18-35)54-52(56-53)36-19-9-3-10-20-36)33-40(32-37)58-49-41(25-27-45-43(49)29-30-57(45)39-21-11-4-12-22-39)42-26-28-47-48(50(42)58)44-23-13-14-24-46(44)59-47/h1-33H. The van der Waals surface area contributed by atoms with E-state index in [4.69, 9.17) is 15.0 Å². The van der Waals surface area contributed by atoms with Gasteiger partial charge in [-0.1, -0.05) is 140 Å². The highest BCUT2D eigenvalue weighted by Gasteiger charge is 2.23. The van der Waals surface area contributed by atoms with Crippen molar-refractivity contribution in [2.75, 3.05) is 0 Å². The highest BCUT2D eigenvalue weighted by Crippen LogP contribution is 2.45.